The highest BCUT2D eigenvalue weighted by molar-refractivity contribution is 5.81. The Kier molecular flexibility index (Phi) is 5.47. The maximum absolute atomic E-state index is 8.86. The summed E-state index contributed by atoms with van der Waals surface area (Å²) in [5.74, 6) is 1.43. The molecule has 0 fully saturated rings. The van der Waals surface area contributed by atoms with Crippen molar-refractivity contribution in [3.05, 3.63) is 71.7 Å². The number of rotatable bonds is 7. The van der Waals surface area contributed by atoms with Gasteiger partial charge in [-0.15, -0.1) is 0 Å². The van der Waals surface area contributed by atoms with Gasteiger partial charge in [0.25, 0.3) is 5.88 Å². The second-order valence-corrected chi connectivity index (χ2v) is 5.20. The van der Waals surface area contributed by atoms with Gasteiger partial charge in [-0.2, -0.15) is 10.4 Å². The molecular formula is C19H16N4O3. The molecule has 26 heavy (non-hydrogen) atoms. The summed E-state index contributed by atoms with van der Waals surface area (Å²) in [6, 6.07) is 17.3. The third-order valence-electron chi connectivity index (χ3n) is 3.48. The second kappa shape index (κ2) is 8.35. The molecule has 1 heterocycles. The van der Waals surface area contributed by atoms with E-state index in [1.165, 1.54) is 6.39 Å². The third kappa shape index (κ3) is 4.19. The Morgan fingerprint density at radius 1 is 1.23 bits per heavy atom. The summed E-state index contributed by atoms with van der Waals surface area (Å²) in [7, 11) is 1.58. The first kappa shape index (κ1) is 17.0. The summed E-state index contributed by atoms with van der Waals surface area (Å²) in [6.07, 6.45) is 2.76. The molecule has 3 rings (SSSR count). The lowest BCUT2D eigenvalue weighted by molar-refractivity contribution is 0.284. The number of anilines is 1. The lowest BCUT2D eigenvalue weighted by Crippen LogP contribution is -1.98. The number of nitriles is 1. The molecular weight excluding hydrogens is 332 g/mol. The van der Waals surface area contributed by atoms with Crippen LogP contribution in [0.2, 0.25) is 0 Å². The SMILES string of the molecule is COc1cc(/C=N/Nc2ocnc2C#N)ccc1OCc1ccccc1. The van der Waals surface area contributed by atoms with Gasteiger partial charge >= 0.3 is 0 Å². The Bertz CT molecular complexity index is 929. The topological polar surface area (TPSA) is 92.7 Å². The van der Waals surface area contributed by atoms with Crippen molar-refractivity contribution < 1.29 is 13.9 Å². The van der Waals surface area contributed by atoms with Crippen LogP contribution < -0.4 is 14.9 Å². The van der Waals surface area contributed by atoms with Crippen LogP contribution in [0.25, 0.3) is 0 Å². The van der Waals surface area contributed by atoms with Crippen LogP contribution in [0, 0.1) is 11.3 Å². The minimum atomic E-state index is 0.143. The molecule has 1 N–H and O–H groups in total. The molecule has 0 saturated carbocycles. The summed E-state index contributed by atoms with van der Waals surface area (Å²) in [6.45, 7) is 0.453. The predicted octanol–water partition coefficient (Wildman–Crippen LogP) is 3.58. The van der Waals surface area contributed by atoms with Gasteiger partial charge in [-0.25, -0.2) is 10.4 Å². The van der Waals surface area contributed by atoms with Crippen LogP contribution in [0.4, 0.5) is 5.88 Å². The molecule has 3 aromatic rings. The van der Waals surface area contributed by atoms with E-state index in [4.69, 9.17) is 19.2 Å². The highest BCUT2D eigenvalue weighted by atomic mass is 16.5. The van der Waals surface area contributed by atoms with Crippen molar-refractivity contribution in [2.75, 3.05) is 12.5 Å². The minimum Gasteiger partial charge on any atom is -0.493 e. The molecule has 0 saturated heterocycles. The normalized spacial score (nSPS) is 10.5. The Morgan fingerprint density at radius 3 is 2.85 bits per heavy atom. The van der Waals surface area contributed by atoms with Crippen LogP contribution in [0.15, 0.2) is 64.4 Å². The van der Waals surface area contributed by atoms with Crippen molar-refractivity contribution in [3.8, 4) is 17.6 Å². The molecule has 0 atom stereocenters. The highest BCUT2D eigenvalue weighted by Gasteiger charge is 2.07. The molecule has 0 aliphatic rings. The van der Waals surface area contributed by atoms with Crippen molar-refractivity contribution in [3.63, 3.8) is 0 Å². The number of hydrogen-bond acceptors (Lipinski definition) is 7. The molecule has 7 nitrogen and oxygen atoms in total. The van der Waals surface area contributed by atoms with E-state index in [1.807, 2.05) is 48.5 Å². The van der Waals surface area contributed by atoms with E-state index in [0.29, 0.717) is 18.1 Å². The van der Waals surface area contributed by atoms with E-state index < -0.39 is 0 Å². The first-order valence-electron chi connectivity index (χ1n) is 7.77. The molecule has 2 aromatic carbocycles. The molecule has 1 aromatic heterocycles. The standard InChI is InChI=1S/C19H16N4O3/c1-24-18-9-15(11-22-23-19-16(10-20)21-13-26-19)7-8-17(18)25-12-14-5-3-2-4-6-14/h2-9,11,13,23H,12H2,1H3/b22-11+. The summed E-state index contributed by atoms with van der Waals surface area (Å²) in [5.41, 5.74) is 4.65. The lowest BCUT2D eigenvalue weighted by atomic mass is 10.2. The number of aromatic nitrogens is 1. The molecule has 0 spiro atoms. The van der Waals surface area contributed by atoms with Crippen LogP contribution in [0.1, 0.15) is 16.8 Å². The van der Waals surface area contributed by atoms with Gasteiger partial charge in [0.15, 0.2) is 17.9 Å². The number of nitrogens with one attached hydrogen (secondary N) is 1. The van der Waals surface area contributed by atoms with Gasteiger partial charge in [-0.3, -0.25) is 0 Å². The largest absolute Gasteiger partial charge is 0.493 e. The fourth-order valence-corrected chi connectivity index (χ4v) is 2.19. The summed E-state index contributed by atoms with van der Waals surface area (Å²) < 4.78 is 16.2. The van der Waals surface area contributed by atoms with Gasteiger partial charge in [0.05, 0.1) is 13.3 Å². The molecule has 7 heteroatoms. The quantitative estimate of drug-likeness (QED) is 0.518. The fraction of sp³-hybridized carbons (Fsp3) is 0.105. The molecule has 130 valence electrons. The van der Waals surface area contributed by atoms with E-state index in [2.05, 4.69) is 15.5 Å². The fourth-order valence-electron chi connectivity index (χ4n) is 2.19. The van der Waals surface area contributed by atoms with Gasteiger partial charge in [0.1, 0.15) is 12.7 Å². The minimum absolute atomic E-state index is 0.143. The van der Waals surface area contributed by atoms with Gasteiger partial charge < -0.3 is 13.9 Å². The summed E-state index contributed by atoms with van der Waals surface area (Å²) in [4.78, 5) is 3.74. The van der Waals surface area contributed by atoms with Crippen LogP contribution in [0.5, 0.6) is 11.5 Å². The zero-order valence-corrected chi connectivity index (χ0v) is 14.0. The lowest BCUT2D eigenvalue weighted by Gasteiger charge is -2.11. The Labute approximate surface area is 150 Å². The molecule has 0 unspecified atom stereocenters. The maximum Gasteiger partial charge on any atom is 0.251 e. The van der Waals surface area contributed by atoms with Crippen molar-refractivity contribution in [2.24, 2.45) is 5.10 Å². The van der Waals surface area contributed by atoms with Gasteiger partial charge in [-0.1, -0.05) is 30.3 Å². The van der Waals surface area contributed by atoms with Crippen LogP contribution in [-0.2, 0) is 6.61 Å². The zero-order valence-electron chi connectivity index (χ0n) is 14.0. The van der Waals surface area contributed by atoms with Crippen molar-refractivity contribution in [1.29, 1.82) is 5.26 Å². The van der Waals surface area contributed by atoms with E-state index >= 15 is 0 Å². The Hall–Kier alpha value is -3.79. The predicted molar refractivity (Wildman–Crippen MR) is 96.2 cm³/mol. The van der Waals surface area contributed by atoms with Gasteiger partial charge in [0, 0.05) is 0 Å². The molecule has 0 amide bonds. The second-order valence-electron chi connectivity index (χ2n) is 5.20. The van der Waals surface area contributed by atoms with E-state index in [1.54, 1.807) is 19.4 Å². The molecule has 0 aliphatic heterocycles. The number of nitrogens with zero attached hydrogens (tertiary/aromatic N) is 3. The first-order chi connectivity index (χ1) is 12.8. The number of hydrazone groups is 1. The zero-order chi connectivity index (χ0) is 18.2. The number of oxazole rings is 1. The third-order valence-corrected chi connectivity index (χ3v) is 3.48. The number of benzene rings is 2. The maximum atomic E-state index is 8.86. The molecule has 0 radical (unpaired) electrons. The van der Waals surface area contributed by atoms with E-state index in [-0.39, 0.29) is 11.6 Å². The van der Waals surface area contributed by atoms with Crippen LogP contribution in [-0.4, -0.2) is 18.3 Å². The van der Waals surface area contributed by atoms with Gasteiger partial charge in [-0.05, 0) is 29.3 Å². The van der Waals surface area contributed by atoms with Crippen molar-refractivity contribution in [2.45, 2.75) is 6.61 Å². The van der Waals surface area contributed by atoms with Crippen LogP contribution >= 0.6 is 0 Å². The van der Waals surface area contributed by atoms with Crippen molar-refractivity contribution >= 4 is 12.1 Å². The number of methoxy groups -OCH3 is 1. The summed E-state index contributed by atoms with van der Waals surface area (Å²) in [5, 5.41) is 12.9. The molecule has 0 bridgehead atoms. The summed E-state index contributed by atoms with van der Waals surface area (Å²) >= 11 is 0. The Balaban J connectivity index is 1.66. The monoisotopic (exact) mass is 348 g/mol. The van der Waals surface area contributed by atoms with E-state index in [0.717, 1.165) is 11.1 Å². The van der Waals surface area contributed by atoms with E-state index in [9.17, 15) is 0 Å². The van der Waals surface area contributed by atoms with Crippen LogP contribution in [0.3, 0.4) is 0 Å². The average Bonchev–Trinajstić information content (AvgIpc) is 3.15. The highest BCUT2D eigenvalue weighted by Crippen LogP contribution is 2.28. The number of hydrogen-bond donors (Lipinski definition) is 1. The average molecular weight is 348 g/mol. The van der Waals surface area contributed by atoms with Gasteiger partial charge in [0.2, 0.25) is 5.69 Å². The smallest absolute Gasteiger partial charge is 0.251 e. The Morgan fingerprint density at radius 2 is 2.08 bits per heavy atom. The number of ether oxygens (including phenoxy) is 2. The van der Waals surface area contributed by atoms with Crippen molar-refractivity contribution in [1.82, 2.24) is 4.98 Å². The first-order valence-corrected chi connectivity index (χ1v) is 7.77. The molecule has 0 aliphatic carbocycles.